The minimum absolute atomic E-state index is 0.211. The van der Waals surface area contributed by atoms with Crippen molar-refractivity contribution < 1.29 is 9.90 Å². The highest BCUT2D eigenvalue weighted by Gasteiger charge is 2.17. The van der Waals surface area contributed by atoms with E-state index >= 15 is 0 Å². The number of aromatic amines is 1. The molecule has 1 amide bonds. The number of H-pyrrole nitrogens is 1. The average Bonchev–Trinajstić information content (AvgIpc) is 3.11. The lowest BCUT2D eigenvalue weighted by atomic mass is 10.1. The molecular weight excluding hydrogens is 292 g/mol. The number of carbonyl (C=O) groups is 1. The Kier molecular flexibility index (Phi) is 4.44. The molecule has 23 heavy (non-hydrogen) atoms. The predicted octanol–water partition coefficient (Wildman–Crippen LogP) is 1.94. The summed E-state index contributed by atoms with van der Waals surface area (Å²) in [6, 6.07) is 14.3. The Bertz CT molecular complexity index is 772. The lowest BCUT2D eigenvalue weighted by Crippen LogP contribution is -2.31. The van der Waals surface area contributed by atoms with Crippen LogP contribution in [-0.4, -0.2) is 32.8 Å². The van der Waals surface area contributed by atoms with E-state index in [1.807, 2.05) is 30.3 Å². The van der Waals surface area contributed by atoms with Crippen LogP contribution in [0.25, 0.3) is 11.3 Å². The highest BCUT2D eigenvalue weighted by atomic mass is 16.3. The lowest BCUT2D eigenvalue weighted by Gasteiger charge is -2.15. The van der Waals surface area contributed by atoms with Gasteiger partial charge in [0.1, 0.15) is 5.69 Å². The number of aliphatic hydroxyl groups excluding tert-OH is 1. The van der Waals surface area contributed by atoms with Crippen LogP contribution >= 0.6 is 0 Å². The Hall–Kier alpha value is -2.99. The maximum Gasteiger partial charge on any atom is 0.269 e. The van der Waals surface area contributed by atoms with Gasteiger partial charge in [-0.15, -0.1) is 0 Å². The number of pyridine rings is 1. The van der Waals surface area contributed by atoms with Gasteiger partial charge in [0.25, 0.3) is 5.91 Å². The van der Waals surface area contributed by atoms with Crippen molar-refractivity contribution in [2.24, 2.45) is 0 Å². The molecule has 2 heterocycles. The van der Waals surface area contributed by atoms with Gasteiger partial charge < -0.3 is 10.4 Å². The van der Waals surface area contributed by atoms with E-state index < -0.39 is 6.04 Å². The average molecular weight is 308 g/mol. The minimum atomic E-state index is -0.514. The smallest absolute Gasteiger partial charge is 0.269 e. The fraction of sp³-hybridized carbons (Fsp3) is 0.118. The number of hydrogen-bond donors (Lipinski definition) is 3. The minimum Gasteiger partial charge on any atom is -0.394 e. The molecular formula is C17H16N4O2. The second kappa shape index (κ2) is 6.85. The predicted molar refractivity (Wildman–Crippen MR) is 85.6 cm³/mol. The maximum absolute atomic E-state index is 12.3. The van der Waals surface area contributed by atoms with Crippen LogP contribution in [0.1, 0.15) is 22.1 Å². The molecule has 0 spiro atoms. The Balaban J connectivity index is 1.75. The molecule has 0 fully saturated rings. The van der Waals surface area contributed by atoms with E-state index in [4.69, 9.17) is 0 Å². The fourth-order valence-electron chi connectivity index (χ4n) is 2.25. The summed E-state index contributed by atoms with van der Waals surface area (Å²) in [5, 5.41) is 19.1. The van der Waals surface area contributed by atoms with Gasteiger partial charge in [-0.1, -0.05) is 36.4 Å². The van der Waals surface area contributed by atoms with Crippen LogP contribution in [-0.2, 0) is 0 Å². The van der Waals surface area contributed by atoms with Gasteiger partial charge in [0.05, 0.1) is 18.3 Å². The summed E-state index contributed by atoms with van der Waals surface area (Å²) in [4.78, 5) is 16.3. The van der Waals surface area contributed by atoms with E-state index in [9.17, 15) is 9.90 Å². The summed E-state index contributed by atoms with van der Waals surface area (Å²) >= 11 is 0. The van der Waals surface area contributed by atoms with Gasteiger partial charge in [0.2, 0.25) is 0 Å². The van der Waals surface area contributed by atoms with Gasteiger partial charge in [0.15, 0.2) is 0 Å². The van der Waals surface area contributed by atoms with Crippen molar-refractivity contribution in [3.05, 3.63) is 72.2 Å². The van der Waals surface area contributed by atoms with Crippen molar-refractivity contribution in [3.63, 3.8) is 0 Å². The van der Waals surface area contributed by atoms with Crippen molar-refractivity contribution in [2.75, 3.05) is 6.61 Å². The quantitative estimate of drug-likeness (QED) is 0.672. The SMILES string of the molecule is O=C(NC(CO)c1cccnc1)c1cc(-c2ccccc2)n[nH]1. The van der Waals surface area contributed by atoms with Crippen LogP contribution in [0.5, 0.6) is 0 Å². The standard InChI is InChI=1S/C17H16N4O2/c22-11-16(13-7-4-8-18-10-13)19-17(23)15-9-14(20-21-15)12-5-2-1-3-6-12/h1-10,16,22H,11H2,(H,19,23)(H,20,21). The van der Waals surface area contributed by atoms with Crippen LogP contribution in [0.2, 0.25) is 0 Å². The van der Waals surface area contributed by atoms with Crippen LogP contribution < -0.4 is 5.32 Å². The first-order valence-electron chi connectivity index (χ1n) is 7.20. The van der Waals surface area contributed by atoms with Crippen LogP contribution in [0, 0.1) is 0 Å². The van der Waals surface area contributed by atoms with Crippen molar-refractivity contribution in [1.29, 1.82) is 0 Å². The first kappa shape index (κ1) is 14.9. The van der Waals surface area contributed by atoms with E-state index in [-0.39, 0.29) is 12.5 Å². The van der Waals surface area contributed by atoms with E-state index in [1.54, 1.807) is 30.6 Å². The number of benzene rings is 1. The molecule has 6 heteroatoms. The third kappa shape index (κ3) is 3.44. The zero-order valence-electron chi connectivity index (χ0n) is 12.3. The number of nitrogens with one attached hydrogen (secondary N) is 2. The summed E-state index contributed by atoms with van der Waals surface area (Å²) in [6.07, 6.45) is 3.25. The second-order valence-corrected chi connectivity index (χ2v) is 5.03. The third-order valence-corrected chi connectivity index (χ3v) is 3.47. The van der Waals surface area contributed by atoms with Gasteiger partial charge in [-0.3, -0.25) is 14.9 Å². The van der Waals surface area contributed by atoms with Gasteiger partial charge in [-0.2, -0.15) is 5.10 Å². The maximum atomic E-state index is 12.3. The van der Waals surface area contributed by atoms with E-state index in [1.165, 1.54) is 0 Å². The first-order chi connectivity index (χ1) is 11.3. The zero-order chi connectivity index (χ0) is 16.1. The Labute approximate surface area is 133 Å². The molecule has 0 saturated carbocycles. The normalized spacial score (nSPS) is 11.9. The molecule has 0 saturated heterocycles. The second-order valence-electron chi connectivity index (χ2n) is 5.03. The van der Waals surface area contributed by atoms with E-state index in [2.05, 4.69) is 20.5 Å². The Morgan fingerprint density at radius 3 is 2.74 bits per heavy atom. The molecule has 3 aromatic rings. The van der Waals surface area contributed by atoms with Crippen molar-refractivity contribution in [3.8, 4) is 11.3 Å². The highest BCUT2D eigenvalue weighted by Crippen LogP contribution is 2.17. The highest BCUT2D eigenvalue weighted by molar-refractivity contribution is 5.93. The topological polar surface area (TPSA) is 90.9 Å². The Morgan fingerprint density at radius 2 is 2.04 bits per heavy atom. The number of aliphatic hydroxyl groups is 1. The van der Waals surface area contributed by atoms with Crippen molar-refractivity contribution in [2.45, 2.75) is 6.04 Å². The molecule has 1 aromatic carbocycles. The van der Waals surface area contributed by atoms with Gasteiger partial charge in [-0.05, 0) is 17.7 Å². The lowest BCUT2D eigenvalue weighted by molar-refractivity contribution is 0.0911. The molecule has 0 aliphatic heterocycles. The molecule has 116 valence electrons. The van der Waals surface area contributed by atoms with E-state index in [0.29, 0.717) is 11.4 Å². The molecule has 1 atom stereocenters. The van der Waals surface area contributed by atoms with E-state index in [0.717, 1.165) is 11.1 Å². The summed E-state index contributed by atoms with van der Waals surface area (Å²) in [6.45, 7) is -0.211. The number of nitrogens with zero attached hydrogens (tertiary/aromatic N) is 2. The van der Waals surface area contributed by atoms with Gasteiger partial charge in [0, 0.05) is 18.0 Å². The van der Waals surface area contributed by atoms with Crippen LogP contribution in [0.15, 0.2) is 60.9 Å². The third-order valence-electron chi connectivity index (χ3n) is 3.47. The van der Waals surface area contributed by atoms with Gasteiger partial charge >= 0.3 is 0 Å². The number of carbonyl (C=O) groups excluding carboxylic acids is 1. The fourth-order valence-corrected chi connectivity index (χ4v) is 2.25. The van der Waals surface area contributed by atoms with Crippen molar-refractivity contribution >= 4 is 5.91 Å². The monoisotopic (exact) mass is 308 g/mol. The summed E-state index contributed by atoms with van der Waals surface area (Å²) in [5.41, 5.74) is 2.70. The summed E-state index contributed by atoms with van der Waals surface area (Å²) in [7, 11) is 0. The first-order valence-corrected chi connectivity index (χ1v) is 7.20. The summed E-state index contributed by atoms with van der Waals surface area (Å²) in [5.74, 6) is -0.331. The largest absolute Gasteiger partial charge is 0.394 e. The zero-order valence-corrected chi connectivity index (χ0v) is 12.3. The molecule has 6 nitrogen and oxygen atoms in total. The molecule has 0 bridgehead atoms. The molecule has 0 radical (unpaired) electrons. The van der Waals surface area contributed by atoms with Crippen LogP contribution in [0.3, 0.4) is 0 Å². The number of aromatic nitrogens is 3. The Morgan fingerprint density at radius 1 is 1.22 bits per heavy atom. The molecule has 0 aliphatic carbocycles. The summed E-state index contributed by atoms with van der Waals surface area (Å²) < 4.78 is 0. The van der Waals surface area contributed by atoms with Crippen molar-refractivity contribution in [1.82, 2.24) is 20.5 Å². The molecule has 3 N–H and O–H groups in total. The molecule has 0 aliphatic rings. The number of amides is 1. The molecule has 2 aromatic heterocycles. The number of hydrogen-bond acceptors (Lipinski definition) is 4. The molecule has 3 rings (SSSR count). The molecule has 1 unspecified atom stereocenters. The number of rotatable bonds is 5. The van der Waals surface area contributed by atoms with Gasteiger partial charge in [-0.25, -0.2) is 0 Å². The van der Waals surface area contributed by atoms with Crippen LogP contribution in [0.4, 0.5) is 0 Å².